The van der Waals surface area contributed by atoms with Crippen molar-refractivity contribution in [3.63, 3.8) is 0 Å². The van der Waals surface area contributed by atoms with E-state index in [1.807, 2.05) is 0 Å². The van der Waals surface area contributed by atoms with Gasteiger partial charge >= 0.3 is 5.97 Å². The number of hydrogen-bond donors (Lipinski definition) is 4. The second-order valence-electron chi connectivity index (χ2n) is 4.93. The molecule has 0 bridgehead atoms. The number of aliphatic hydroxyl groups excluding tert-OH is 1. The molecule has 0 aromatic rings. The molecule has 0 heterocycles. The van der Waals surface area contributed by atoms with Gasteiger partial charge in [0.15, 0.2) is 6.10 Å². The van der Waals surface area contributed by atoms with Gasteiger partial charge in [0, 0.05) is 19.4 Å². The minimum atomic E-state index is -1.42. The Kier molecular flexibility index (Phi) is 8.32. The highest BCUT2D eigenvalue weighted by molar-refractivity contribution is 5.76. The molecule has 0 fully saturated rings. The zero-order valence-electron chi connectivity index (χ0n) is 11.1. The minimum absolute atomic E-state index is 0.0124. The van der Waals surface area contributed by atoms with E-state index in [1.54, 1.807) is 0 Å². The molecule has 0 aromatic heterocycles. The van der Waals surface area contributed by atoms with Crippen molar-refractivity contribution < 1.29 is 19.8 Å². The minimum Gasteiger partial charge on any atom is -0.479 e. The van der Waals surface area contributed by atoms with E-state index < -0.39 is 12.1 Å². The van der Waals surface area contributed by atoms with Crippen molar-refractivity contribution in [1.29, 1.82) is 0 Å². The highest BCUT2D eigenvalue weighted by Gasteiger charge is 2.15. The summed E-state index contributed by atoms with van der Waals surface area (Å²) in [6.07, 6.45) is -0.177. The fourth-order valence-electron chi connectivity index (χ4n) is 1.74. The van der Waals surface area contributed by atoms with Gasteiger partial charge < -0.3 is 21.3 Å². The van der Waals surface area contributed by atoms with Crippen LogP contribution in [-0.2, 0) is 9.59 Å². The van der Waals surface area contributed by atoms with Crippen LogP contribution in [0.4, 0.5) is 0 Å². The summed E-state index contributed by atoms with van der Waals surface area (Å²) in [5.74, 6) is -0.790. The summed E-state index contributed by atoms with van der Waals surface area (Å²) in [5.41, 5.74) is 5.59. The van der Waals surface area contributed by atoms with Gasteiger partial charge in [-0.05, 0) is 24.8 Å². The lowest BCUT2D eigenvalue weighted by Gasteiger charge is -2.16. The number of carboxylic acid groups (broad SMARTS) is 1. The largest absolute Gasteiger partial charge is 0.479 e. The second-order valence-corrected chi connectivity index (χ2v) is 4.93. The van der Waals surface area contributed by atoms with Gasteiger partial charge in [0.2, 0.25) is 5.91 Å². The maximum Gasteiger partial charge on any atom is 0.332 e. The second kappa shape index (κ2) is 8.88. The van der Waals surface area contributed by atoms with Crippen LogP contribution in [0.3, 0.4) is 0 Å². The molecule has 1 amide bonds. The van der Waals surface area contributed by atoms with Gasteiger partial charge in [-0.25, -0.2) is 4.79 Å². The summed E-state index contributed by atoms with van der Waals surface area (Å²) in [7, 11) is 0. The molecule has 18 heavy (non-hydrogen) atoms. The average Bonchev–Trinajstić information content (AvgIpc) is 2.27. The maximum absolute atomic E-state index is 11.5. The monoisotopic (exact) mass is 260 g/mol. The topological polar surface area (TPSA) is 113 Å². The lowest BCUT2D eigenvalue weighted by atomic mass is 9.94. The first-order valence-corrected chi connectivity index (χ1v) is 6.24. The number of nitrogens with two attached hydrogens (primary N) is 1. The summed E-state index contributed by atoms with van der Waals surface area (Å²) in [6.45, 7) is 4.77. The molecule has 6 nitrogen and oxygen atoms in total. The van der Waals surface area contributed by atoms with Crippen molar-refractivity contribution >= 4 is 11.9 Å². The van der Waals surface area contributed by atoms with Crippen LogP contribution in [0.1, 0.15) is 33.1 Å². The number of aliphatic carboxylic acids is 1. The van der Waals surface area contributed by atoms with E-state index in [0.717, 1.165) is 6.42 Å². The Labute approximate surface area is 108 Å². The van der Waals surface area contributed by atoms with Gasteiger partial charge in [0.25, 0.3) is 0 Å². The van der Waals surface area contributed by atoms with Crippen molar-refractivity contribution in [2.45, 2.75) is 39.2 Å². The van der Waals surface area contributed by atoms with Crippen molar-refractivity contribution in [2.75, 3.05) is 13.1 Å². The Bertz CT molecular complexity index is 269. The van der Waals surface area contributed by atoms with Gasteiger partial charge in [-0.3, -0.25) is 4.79 Å². The predicted molar refractivity (Wildman–Crippen MR) is 67.9 cm³/mol. The fraction of sp³-hybridized carbons (Fsp3) is 0.833. The maximum atomic E-state index is 11.5. The Morgan fingerprint density at radius 1 is 1.33 bits per heavy atom. The SMILES string of the molecule is CC(C)C[C@H](CN)CC(=O)NCCC(O)C(=O)O. The molecule has 0 aliphatic rings. The molecular formula is C12H24N2O4. The van der Waals surface area contributed by atoms with E-state index in [2.05, 4.69) is 19.2 Å². The lowest BCUT2D eigenvalue weighted by Crippen LogP contribution is -2.32. The van der Waals surface area contributed by atoms with E-state index in [4.69, 9.17) is 15.9 Å². The molecule has 0 spiro atoms. The average molecular weight is 260 g/mol. The van der Waals surface area contributed by atoms with Crippen molar-refractivity contribution in [1.82, 2.24) is 5.32 Å². The Balaban J connectivity index is 3.85. The third-order valence-corrected chi connectivity index (χ3v) is 2.64. The van der Waals surface area contributed by atoms with Crippen LogP contribution in [0.2, 0.25) is 0 Å². The molecule has 5 N–H and O–H groups in total. The number of rotatable bonds is 9. The number of amides is 1. The van der Waals surface area contributed by atoms with Crippen LogP contribution in [-0.4, -0.2) is 41.3 Å². The molecule has 0 saturated carbocycles. The predicted octanol–water partition coefficient (Wildman–Crippen LogP) is -0.0507. The molecule has 0 aromatic carbocycles. The van der Waals surface area contributed by atoms with E-state index in [-0.39, 0.29) is 24.8 Å². The highest BCUT2D eigenvalue weighted by atomic mass is 16.4. The third kappa shape index (κ3) is 8.03. The van der Waals surface area contributed by atoms with Crippen LogP contribution < -0.4 is 11.1 Å². The molecule has 0 aliphatic carbocycles. The number of aliphatic hydroxyl groups is 1. The molecule has 1 unspecified atom stereocenters. The summed E-state index contributed by atoms with van der Waals surface area (Å²) in [6, 6.07) is 0. The van der Waals surface area contributed by atoms with Gasteiger partial charge in [-0.15, -0.1) is 0 Å². The zero-order valence-corrected chi connectivity index (χ0v) is 11.1. The van der Waals surface area contributed by atoms with Gasteiger partial charge in [-0.1, -0.05) is 13.8 Å². The molecule has 106 valence electrons. The number of carbonyl (C=O) groups is 2. The zero-order chi connectivity index (χ0) is 14.1. The fourth-order valence-corrected chi connectivity index (χ4v) is 1.74. The molecule has 6 heteroatoms. The summed E-state index contributed by atoms with van der Waals surface area (Å²) < 4.78 is 0. The van der Waals surface area contributed by atoms with Crippen molar-refractivity contribution in [3.05, 3.63) is 0 Å². The first-order chi connectivity index (χ1) is 8.36. The van der Waals surface area contributed by atoms with E-state index in [0.29, 0.717) is 18.9 Å². The number of carbonyl (C=O) groups excluding carboxylic acids is 1. The first kappa shape index (κ1) is 16.9. The van der Waals surface area contributed by atoms with E-state index in [9.17, 15) is 9.59 Å². The van der Waals surface area contributed by atoms with Gasteiger partial charge in [-0.2, -0.15) is 0 Å². The Morgan fingerprint density at radius 2 is 1.94 bits per heavy atom. The van der Waals surface area contributed by atoms with Crippen molar-refractivity contribution in [2.24, 2.45) is 17.6 Å². The first-order valence-electron chi connectivity index (χ1n) is 6.24. The quantitative estimate of drug-likeness (QED) is 0.464. The highest BCUT2D eigenvalue weighted by Crippen LogP contribution is 2.13. The molecule has 0 radical (unpaired) electrons. The van der Waals surface area contributed by atoms with Crippen molar-refractivity contribution in [3.8, 4) is 0 Å². The lowest BCUT2D eigenvalue weighted by molar-refractivity contribution is -0.147. The molecule has 0 rings (SSSR count). The van der Waals surface area contributed by atoms with Crippen LogP contribution in [0.25, 0.3) is 0 Å². The third-order valence-electron chi connectivity index (χ3n) is 2.64. The van der Waals surface area contributed by atoms with Gasteiger partial charge in [0.1, 0.15) is 0 Å². The Morgan fingerprint density at radius 3 is 2.39 bits per heavy atom. The number of carboxylic acids is 1. The van der Waals surface area contributed by atoms with E-state index >= 15 is 0 Å². The van der Waals surface area contributed by atoms with Crippen LogP contribution in [0.5, 0.6) is 0 Å². The molecular weight excluding hydrogens is 236 g/mol. The molecule has 0 saturated heterocycles. The Hall–Kier alpha value is -1.14. The summed E-state index contributed by atoms with van der Waals surface area (Å²) in [5, 5.41) is 20.1. The van der Waals surface area contributed by atoms with E-state index in [1.165, 1.54) is 0 Å². The van der Waals surface area contributed by atoms with Crippen LogP contribution >= 0.6 is 0 Å². The van der Waals surface area contributed by atoms with Crippen LogP contribution in [0.15, 0.2) is 0 Å². The molecule has 0 aliphatic heterocycles. The summed E-state index contributed by atoms with van der Waals surface area (Å²) >= 11 is 0. The van der Waals surface area contributed by atoms with Gasteiger partial charge in [0.05, 0.1) is 0 Å². The molecule has 2 atom stereocenters. The smallest absolute Gasteiger partial charge is 0.332 e. The number of hydrogen-bond acceptors (Lipinski definition) is 4. The standard InChI is InChI=1S/C12H24N2O4/c1-8(2)5-9(7-13)6-11(16)14-4-3-10(15)12(17)18/h8-10,15H,3-7,13H2,1-2H3,(H,14,16)(H,17,18)/t9-,10?/m0/s1. The number of nitrogens with one attached hydrogen (secondary N) is 1. The normalized spacial score (nSPS) is 14.3. The van der Waals surface area contributed by atoms with Crippen LogP contribution in [0, 0.1) is 11.8 Å². The summed E-state index contributed by atoms with van der Waals surface area (Å²) in [4.78, 5) is 21.9.